The Bertz CT molecular complexity index is 1030. The van der Waals surface area contributed by atoms with Crippen LogP contribution in [0.1, 0.15) is 153 Å². The van der Waals surface area contributed by atoms with Gasteiger partial charge in [-0.05, 0) is 38.5 Å². The number of aliphatic imine (C=N–C) groups is 2. The van der Waals surface area contributed by atoms with Crippen molar-refractivity contribution in [1.82, 2.24) is 30.6 Å². The maximum atomic E-state index is 12.0. The summed E-state index contributed by atoms with van der Waals surface area (Å²) in [4.78, 5) is 46.7. The third-order valence-corrected chi connectivity index (χ3v) is 8.48. The second-order valence-electron chi connectivity index (χ2n) is 12.9. The van der Waals surface area contributed by atoms with Crippen molar-refractivity contribution in [2.45, 2.75) is 154 Å². The van der Waals surface area contributed by atoms with Crippen LogP contribution in [0.5, 0.6) is 0 Å². The lowest BCUT2D eigenvalue weighted by Crippen LogP contribution is -2.36. The standard InChI is InChI=1S/C36H64N10O2/c37-35(41-25-19-21-31-27-39-29-43-31)45-33(47)23-17-15-13-11-9-7-5-3-1-2-4-6-8-10-12-14-16-18-24-34(48)46-36(38)42-26-20-22-32-28-40-30-44-32/h27-30H,1-26H2,(H,39,43)(H,40,44)(H3,37,41,45,47)(H3,38,42,46,48). The second-order valence-corrected chi connectivity index (χ2v) is 12.9. The molecule has 0 unspecified atom stereocenters. The minimum absolute atomic E-state index is 0.0407. The molecule has 8 N–H and O–H groups in total. The number of rotatable bonds is 29. The maximum Gasteiger partial charge on any atom is 0.226 e. The van der Waals surface area contributed by atoms with Gasteiger partial charge in [-0.15, -0.1) is 0 Å². The van der Waals surface area contributed by atoms with E-state index in [9.17, 15) is 9.59 Å². The van der Waals surface area contributed by atoms with Crippen molar-refractivity contribution in [3.63, 3.8) is 0 Å². The van der Waals surface area contributed by atoms with Crippen LogP contribution in [0, 0.1) is 0 Å². The van der Waals surface area contributed by atoms with Gasteiger partial charge in [-0.1, -0.05) is 103 Å². The number of nitrogens with zero attached hydrogens (tertiary/aromatic N) is 4. The average molecular weight is 669 g/mol. The highest BCUT2D eigenvalue weighted by atomic mass is 16.2. The van der Waals surface area contributed by atoms with E-state index in [1.54, 1.807) is 25.0 Å². The Kier molecular flexibility index (Phi) is 23.9. The number of aromatic amines is 2. The van der Waals surface area contributed by atoms with Gasteiger partial charge in [-0.2, -0.15) is 0 Å². The van der Waals surface area contributed by atoms with Crippen molar-refractivity contribution < 1.29 is 9.59 Å². The molecule has 48 heavy (non-hydrogen) atoms. The molecule has 0 aliphatic carbocycles. The van der Waals surface area contributed by atoms with Gasteiger partial charge in [0.1, 0.15) is 0 Å². The maximum absolute atomic E-state index is 12.0. The zero-order valence-electron chi connectivity index (χ0n) is 29.5. The van der Waals surface area contributed by atoms with E-state index in [-0.39, 0.29) is 23.7 Å². The van der Waals surface area contributed by atoms with Crippen molar-refractivity contribution >= 4 is 23.7 Å². The van der Waals surface area contributed by atoms with E-state index in [0.717, 1.165) is 62.8 Å². The third kappa shape index (κ3) is 23.6. The summed E-state index contributed by atoms with van der Waals surface area (Å²) in [6, 6.07) is 0. The number of carbonyl (C=O) groups is 2. The van der Waals surface area contributed by atoms with E-state index in [4.69, 9.17) is 11.5 Å². The number of H-pyrrole nitrogens is 2. The first kappa shape index (κ1) is 40.5. The summed E-state index contributed by atoms with van der Waals surface area (Å²) < 4.78 is 0. The van der Waals surface area contributed by atoms with Crippen molar-refractivity contribution in [1.29, 1.82) is 0 Å². The van der Waals surface area contributed by atoms with Gasteiger partial charge >= 0.3 is 0 Å². The van der Waals surface area contributed by atoms with Gasteiger partial charge in [0.15, 0.2) is 11.9 Å². The fourth-order valence-electron chi connectivity index (χ4n) is 5.67. The van der Waals surface area contributed by atoms with Crippen molar-refractivity contribution in [2.24, 2.45) is 21.5 Å². The van der Waals surface area contributed by atoms with E-state index in [1.807, 2.05) is 0 Å². The zero-order chi connectivity index (χ0) is 34.3. The number of guanidine groups is 2. The van der Waals surface area contributed by atoms with E-state index in [2.05, 4.69) is 40.6 Å². The Morgan fingerprint density at radius 3 is 1.12 bits per heavy atom. The van der Waals surface area contributed by atoms with Crippen molar-refractivity contribution in [2.75, 3.05) is 13.1 Å². The Morgan fingerprint density at radius 2 is 0.833 bits per heavy atom. The second kappa shape index (κ2) is 28.3. The smallest absolute Gasteiger partial charge is 0.226 e. The monoisotopic (exact) mass is 669 g/mol. The number of nitrogens with one attached hydrogen (secondary N) is 4. The van der Waals surface area contributed by atoms with Gasteiger partial charge in [-0.25, -0.2) is 9.97 Å². The molecule has 12 heteroatoms. The lowest BCUT2D eigenvalue weighted by Gasteiger charge is -2.05. The normalized spacial score (nSPS) is 12.0. The topological polar surface area (TPSA) is 192 Å². The molecule has 0 fully saturated rings. The molecule has 270 valence electrons. The molecule has 2 heterocycles. The van der Waals surface area contributed by atoms with Gasteiger partial charge in [0.25, 0.3) is 0 Å². The molecule has 0 radical (unpaired) electrons. The minimum Gasteiger partial charge on any atom is -0.370 e. The molecule has 2 rings (SSSR count). The molecule has 0 aliphatic heterocycles. The van der Waals surface area contributed by atoms with Gasteiger partial charge in [0, 0.05) is 49.7 Å². The summed E-state index contributed by atoms with van der Waals surface area (Å²) in [5.41, 5.74) is 13.8. The average Bonchev–Trinajstić information content (AvgIpc) is 3.79. The molecule has 0 bridgehead atoms. The fraction of sp³-hybridized carbons (Fsp3) is 0.722. The summed E-state index contributed by atoms with van der Waals surface area (Å²) in [6.45, 7) is 1.17. The first-order valence-electron chi connectivity index (χ1n) is 18.7. The quantitative estimate of drug-likeness (QED) is 0.0332. The summed E-state index contributed by atoms with van der Waals surface area (Å²) in [5.74, 6) is 0.353. The highest BCUT2D eigenvalue weighted by Gasteiger charge is 2.05. The number of carbonyl (C=O) groups excluding carboxylic acids is 2. The Labute approximate surface area is 288 Å². The molecule has 2 aromatic rings. The number of amides is 2. The molecule has 12 nitrogen and oxygen atoms in total. The fourth-order valence-corrected chi connectivity index (χ4v) is 5.67. The number of aryl methyl sites for hydroxylation is 2. The number of hydrogen-bond donors (Lipinski definition) is 6. The molecular weight excluding hydrogens is 604 g/mol. The van der Waals surface area contributed by atoms with Crippen LogP contribution in [0.4, 0.5) is 0 Å². The van der Waals surface area contributed by atoms with Crippen LogP contribution >= 0.6 is 0 Å². The largest absolute Gasteiger partial charge is 0.370 e. The number of nitrogens with two attached hydrogens (primary N) is 2. The lowest BCUT2D eigenvalue weighted by molar-refractivity contribution is -0.120. The molecular formula is C36H64N10O2. The molecule has 2 amide bonds. The van der Waals surface area contributed by atoms with E-state index >= 15 is 0 Å². The molecule has 0 saturated carbocycles. The van der Waals surface area contributed by atoms with Crippen LogP contribution in [0.25, 0.3) is 0 Å². The van der Waals surface area contributed by atoms with Crippen LogP contribution in [0.3, 0.4) is 0 Å². The lowest BCUT2D eigenvalue weighted by atomic mass is 10.0. The predicted octanol–water partition coefficient (Wildman–Crippen LogP) is 6.36. The third-order valence-electron chi connectivity index (χ3n) is 8.48. The Morgan fingerprint density at radius 1 is 0.521 bits per heavy atom. The van der Waals surface area contributed by atoms with Gasteiger partial charge in [0.05, 0.1) is 12.7 Å². The van der Waals surface area contributed by atoms with Gasteiger partial charge in [-0.3, -0.25) is 30.2 Å². The van der Waals surface area contributed by atoms with E-state index < -0.39 is 0 Å². The molecule has 0 aromatic carbocycles. The highest BCUT2D eigenvalue weighted by molar-refractivity contribution is 5.96. The van der Waals surface area contributed by atoms with Gasteiger partial charge in [0.2, 0.25) is 11.8 Å². The Hall–Kier alpha value is -3.70. The van der Waals surface area contributed by atoms with Crippen LogP contribution in [-0.2, 0) is 22.4 Å². The van der Waals surface area contributed by atoms with Crippen molar-refractivity contribution in [3.05, 3.63) is 36.4 Å². The first-order chi connectivity index (χ1) is 23.5. The highest BCUT2D eigenvalue weighted by Crippen LogP contribution is 2.15. The molecule has 0 spiro atoms. The van der Waals surface area contributed by atoms with Crippen LogP contribution in [0.2, 0.25) is 0 Å². The Balaban J connectivity index is 1.24. The summed E-state index contributed by atoms with van der Waals surface area (Å²) in [6.07, 6.45) is 33.6. The first-order valence-corrected chi connectivity index (χ1v) is 18.7. The summed E-state index contributed by atoms with van der Waals surface area (Å²) >= 11 is 0. The predicted molar refractivity (Wildman–Crippen MR) is 195 cm³/mol. The molecule has 0 saturated heterocycles. The number of imidazole rings is 2. The van der Waals surface area contributed by atoms with E-state index in [0.29, 0.717) is 25.9 Å². The SMILES string of the molecule is NC(=NCCCc1cnc[nH]1)NC(=O)CCCCCCCCCCCCCCCCCCCCC(=O)NC(N)=NCCCc1cnc[nH]1. The summed E-state index contributed by atoms with van der Waals surface area (Å²) in [7, 11) is 0. The van der Waals surface area contributed by atoms with Crippen LogP contribution < -0.4 is 22.1 Å². The number of unbranched alkanes of at least 4 members (excludes halogenated alkanes) is 17. The molecule has 0 aliphatic rings. The summed E-state index contributed by atoms with van der Waals surface area (Å²) in [5, 5.41) is 5.39. The zero-order valence-corrected chi connectivity index (χ0v) is 29.5. The van der Waals surface area contributed by atoms with Crippen LogP contribution in [0.15, 0.2) is 35.0 Å². The van der Waals surface area contributed by atoms with Crippen LogP contribution in [-0.4, -0.2) is 56.8 Å². The molecule has 2 aromatic heterocycles. The van der Waals surface area contributed by atoms with Crippen molar-refractivity contribution in [3.8, 4) is 0 Å². The number of aromatic nitrogens is 4. The number of hydrogen-bond acceptors (Lipinski definition) is 6. The minimum atomic E-state index is -0.0407. The van der Waals surface area contributed by atoms with E-state index in [1.165, 1.54) is 89.9 Å². The van der Waals surface area contributed by atoms with Gasteiger partial charge < -0.3 is 21.4 Å². The molecule has 0 atom stereocenters.